The van der Waals surface area contributed by atoms with Crippen LogP contribution in [-0.2, 0) is 11.3 Å². The molecular weight excluding hydrogens is 316 g/mol. The lowest BCUT2D eigenvalue weighted by Gasteiger charge is -2.38. The van der Waals surface area contributed by atoms with E-state index in [-0.39, 0.29) is 12.5 Å². The van der Waals surface area contributed by atoms with Crippen LogP contribution in [0.4, 0.5) is 0 Å². The normalized spacial score (nSPS) is 16.2. The fraction of sp³-hybridized carbons (Fsp3) is 0.500. The number of likely N-dealkylation sites (N-methyl/N-ethyl adjacent to an activating group) is 1. The number of benzene rings is 1. The minimum absolute atomic E-state index is 0.0151. The van der Waals surface area contributed by atoms with Gasteiger partial charge in [0.15, 0.2) is 0 Å². The maximum atomic E-state index is 12.6. The lowest BCUT2D eigenvalue weighted by Crippen LogP contribution is -2.50. The summed E-state index contributed by atoms with van der Waals surface area (Å²) in [4.78, 5) is 15.5. The summed E-state index contributed by atoms with van der Waals surface area (Å²) in [6.45, 7) is 1.97. The quantitative estimate of drug-likeness (QED) is 0.854. The van der Waals surface area contributed by atoms with Gasteiger partial charge in [-0.05, 0) is 30.5 Å². The molecule has 1 aromatic carbocycles. The first kappa shape index (κ1) is 17.1. The van der Waals surface area contributed by atoms with Gasteiger partial charge in [0.1, 0.15) is 12.1 Å². The van der Waals surface area contributed by atoms with Crippen LogP contribution in [0.1, 0.15) is 37.7 Å². The van der Waals surface area contributed by atoms with Gasteiger partial charge in [-0.1, -0.05) is 43.5 Å². The second-order valence-corrected chi connectivity index (χ2v) is 6.62. The molecule has 7 heteroatoms. The van der Waals surface area contributed by atoms with Gasteiger partial charge in [0.2, 0.25) is 11.7 Å². The molecule has 2 aromatic rings. The Morgan fingerprint density at radius 3 is 2.72 bits per heavy atom. The van der Waals surface area contributed by atoms with Crippen molar-refractivity contribution < 1.29 is 4.79 Å². The van der Waals surface area contributed by atoms with Crippen LogP contribution in [0, 0.1) is 18.3 Å². The number of nitriles is 1. The second kappa shape index (κ2) is 7.01. The Labute approximate surface area is 147 Å². The van der Waals surface area contributed by atoms with Gasteiger partial charge in [-0.15, -0.1) is 10.2 Å². The van der Waals surface area contributed by atoms with E-state index in [1.807, 2.05) is 31.2 Å². The van der Waals surface area contributed by atoms with Gasteiger partial charge in [0.25, 0.3) is 0 Å². The zero-order valence-electron chi connectivity index (χ0n) is 14.6. The molecule has 1 amide bonds. The van der Waals surface area contributed by atoms with Crippen LogP contribution in [0.15, 0.2) is 24.3 Å². The SMILES string of the molecule is Cc1ccccc1-c1nnn(CC(=O)N(C)C2(C#N)CCCCC2)n1. The third-order valence-electron chi connectivity index (χ3n) is 5.02. The Hall–Kier alpha value is -2.75. The van der Waals surface area contributed by atoms with Crippen LogP contribution in [0.3, 0.4) is 0 Å². The Morgan fingerprint density at radius 2 is 2.04 bits per heavy atom. The molecule has 3 rings (SSSR count). The van der Waals surface area contributed by atoms with Crippen LogP contribution in [-0.4, -0.2) is 43.6 Å². The smallest absolute Gasteiger partial charge is 0.247 e. The molecular formula is C18H22N6O. The predicted molar refractivity (Wildman–Crippen MR) is 92.2 cm³/mol. The molecule has 0 radical (unpaired) electrons. The predicted octanol–water partition coefficient (Wildman–Crippen LogP) is 2.33. The van der Waals surface area contributed by atoms with Gasteiger partial charge in [0, 0.05) is 12.6 Å². The van der Waals surface area contributed by atoms with Crippen LogP contribution in [0.25, 0.3) is 11.4 Å². The number of carbonyl (C=O) groups excluding carboxylic acids is 1. The third-order valence-corrected chi connectivity index (χ3v) is 5.02. The number of aromatic nitrogens is 4. The van der Waals surface area contributed by atoms with E-state index >= 15 is 0 Å². The Bertz CT molecular complexity index is 800. The first-order chi connectivity index (χ1) is 12.1. The van der Waals surface area contributed by atoms with E-state index in [4.69, 9.17) is 0 Å². The minimum Gasteiger partial charge on any atom is -0.325 e. The fourth-order valence-electron chi connectivity index (χ4n) is 3.37. The topological polar surface area (TPSA) is 87.7 Å². The fourth-order valence-corrected chi connectivity index (χ4v) is 3.37. The number of amides is 1. The van der Waals surface area contributed by atoms with E-state index in [1.54, 1.807) is 11.9 Å². The highest BCUT2D eigenvalue weighted by atomic mass is 16.2. The standard InChI is InChI=1S/C18H22N6O/c1-14-8-4-5-9-15(14)17-20-22-24(21-17)12-16(25)23(2)18(13-19)10-6-3-7-11-18/h4-5,8-9H,3,6-7,10-12H2,1-2H3. The van der Waals surface area contributed by atoms with Crippen LogP contribution < -0.4 is 0 Å². The summed E-state index contributed by atoms with van der Waals surface area (Å²) in [6, 6.07) is 10.1. The van der Waals surface area contributed by atoms with E-state index in [1.165, 1.54) is 4.80 Å². The Balaban J connectivity index is 1.73. The largest absolute Gasteiger partial charge is 0.325 e. The maximum Gasteiger partial charge on any atom is 0.247 e. The van der Waals surface area contributed by atoms with E-state index in [0.29, 0.717) is 5.82 Å². The molecule has 130 valence electrons. The molecule has 0 spiro atoms. The number of hydrogen-bond acceptors (Lipinski definition) is 5. The van der Waals surface area contributed by atoms with E-state index in [2.05, 4.69) is 21.5 Å². The number of rotatable bonds is 4. The van der Waals surface area contributed by atoms with E-state index in [0.717, 1.165) is 43.2 Å². The minimum atomic E-state index is -0.700. The molecule has 0 aliphatic heterocycles. The van der Waals surface area contributed by atoms with Crippen molar-refractivity contribution in [3.63, 3.8) is 0 Å². The van der Waals surface area contributed by atoms with Crippen molar-refractivity contribution in [1.29, 1.82) is 5.26 Å². The molecule has 7 nitrogen and oxygen atoms in total. The summed E-state index contributed by atoms with van der Waals surface area (Å²) in [5, 5.41) is 22.0. The van der Waals surface area contributed by atoms with Crippen molar-refractivity contribution in [2.45, 2.75) is 51.1 Å². The molecule has 1 aliphatic rings. The van der Waals surface area contributed by atoms with Crippen molar-refractivity contribution in [2.24, 2.45) is 0 Å². The van der Waals surface area contributed by atoms with Gasteiger partial charge < -0.3 is 4.90 Å². The highest BCUT2D eigenvalue weighted by Crippen LogP contribution is 2.32. The first-order valence-corrected chi connectivity index (χ1v) is 8.57. The summed E-state index contributed by atoms with van der Waals surface area (Å²) < 4.78 is 0. The van der Waals surface area contributed by atoms with Crippen molar-refractivity contribution >= 4 is 5.91 Å². The Kier molecular flexibility index (Phi) is 4.79. The molecule has 25 heavy (non-hydrogen) atoms. The molecule has 0 saturated heterocycles. The van der Waals surface area contributed by atoms with Crippen molar-refractivity contribution in [2.75, 3.05) is 7.05 Å². The number of aryl methyl sites for hydroxylation is 1. The summed E-state index contributed by atoms with van der Waals surface area (Å²) in [5.41, 5.74) is 1.25. The molecule has 1 aliphatic carbocycles. The highest BCUT2D eigenvalue weighted by molar-refractivity contribution is 5.77. The molecule has 0 N–H and O–H groups in total. The van der Waals surface area contributed by atoms with Crippen molar-refractivity contribution in [3.05, 3.63) is 29.8 Å². The van der Waals surface area contributed by atoms with Crippen LogP contribution in [0.5, 0.6) is 0 Å². The van der Waals surface area contributed by atoms with Crippen molar-refractivity contribution in [1.82, 2.24) is 25.1 Å². The highest BCUT2D eigenvalue weighted by Gasteiger charge is 2.38. The number of hydrogen-bond donors (Lipinski definition) is 0. The number of nitrogens with zero attached hydrogens (tertiary/aromatic N) is 6. The van der Waals surface area contributed by atoms with Crippen molar-refractivity contribution in [3.8, 4) is 17.5 Å². The van der Waals surface area contributed by atoms with Gasteiger partial charge in [0.05, 0.1) is 6.07 Å². The first-order valence-electron chi connectivity index (χ1n) is 8.57. The number of tetrazole rings is 1. The monoisotopic (exact) mass is 338 g/mol. The summed E-state index contributed by atoms with van der Waals surface area (Å²) >= 11 is 0. The molecule has 0 bridgehead atoms. The van der Waals surface area contributed by atoms with Gasteiger partial charge in [-0.2, -0.15) is 10.1 Å². The molecule has 0 unspecified atom stereocenters. The summed E-state index contributed by atoms with van der Waals surface area (Å²) in [7, 11) is 1.70. The average molecular weight is 338 g/mol. The van der Waals surface area contributed by atoms with Gasteiger partial charge in [-0.25, -0.2) is 0 Å². The average Bonchev–Trinajstić information content (AvgIpc) is 3.10. The summed E-state index contributed by atoms with van der Waals surface area (Å²) in [5.74, 6) is 0.332. The molecule has 1 saturated carbocycles. The zero-order valence-corrected chi connectivity index (χ0v) is 14.6. The van der Waals surface area contributed by atoms with E-state index in [9.17, 15) is 10.1 Å². The van der Waals surface area contributed by atoms with E-state index < -0.39 is 5.54 Å². The second-order valence-electron chi connectivity index (χ2n) is 6.62. The van der Waals surface area contributed by atoms with Gasteiger partial charge >= 0.3 is 0 Å². The third kappa shape index (κ3) is 3.38. The Morgan fingerprint density at radius 1 is 1.32 bits per heavy atom. The summed E-state index contributed by atoms with van der Waals surface area (Å²) in [6.07, 6.45) is 4.53. The van der Waals surface area contributed by atoms with Crippen LogP contribution >= 0.6 is 0 Å². The molecule has 1 fully saturated rings. The number of carbonyl (C=O) groups is 1. The molecule has 0 atom stereocenters. The molecule has 1 aromatic heterocycles. The maximum absolute atomic E-state index is 12.6. The lowest BCUT2D eigenvalue weighted by atomic mass is 9.81. The van der Waals surface area contributed by atoms with Crippen LogP contribution in [0.2, 0.25) is 0 Å². The van der Waals surface area contributed by atoms with Gasteiger partial charge in [-0.3, -0.25) is 4.79 Å². The lowest BCUT2D eigenvalue weighted by molar-refractivity contribution is -0.136. The molecule has 1 heterocycles. The zero-order chi connectivity index (χ0) is 17.9.